The molecule has 0 bridgehead atoms. The first-order valence-electron chi connectivity index (χ1n) is 3.84. The Hall–Kier alpha value is -0.550. The fourth-order valence-electron chi connectivity index (χ4n) is 1.00. The van der Waals surface area contributed by atoms with Crippen molar-refractivity contribution in [3.05, 3.63) is 12.2 Å². The molecule has 1 atom stereocenters. The molecule has 5 heteroatoms. The van der Waals surface area contributed by atoms with E-state index in [9.17, 15) is 0 Å². The first-order valence-corrected chi connectivity index (χ1v) is 5.23. The van der Waals surface area contributed by atoms with Crippen molar-refractivity contribution in [2.75, 3.05) is 12.0 Å². The lowest BCUT2D eigenvalue weighted by Gasteiger charge is -2.08. The number of aryl methyl sites for hydroxylation is 1. The summed E-state index contributed by atoms with van der Waals surface area (Å²) in [6.07, 6.45) is 4.70. The van der Waals surface area contributed by atoms with Crippen molar-refractivity contribution < 1.29 is 0 Å². The first-order chi connectivity index (χ1) is 5.75. The summed E-state index contributed by atoms with van der Waals surface area (Å²) in [7, 11) is 1.91. The summed E-state index contributed by atoms with van der Waals surface area (Å²) in [5.74, 6) is 1.93. The average Bonchev–Trinajstić information content (AvgIpc) is 2.47. The van der Waals surface area contributed by atoms with Crippen LogP contribution < -0.4 is 5.73 Å². The molecule has 0 aliphatic rings. The highest BCUT2D eigenvalue weighted by molar-refractivity contribution is 7.98. The lowest BCUT2D eigenvalue weighted by atomic mass is 10.2. The molecule has 1 rings (SSSR count). The van der Waals surface area contributed by atoms with Gasteiger partial charge in [-0.25, -0.2) is 0 Å². The van der Waals surface area contributed by atoms with Crippen LogP contribution >= 0.6 is 11.8 Å². The molecule has 0 fully saturated rings. The molecule has 0 spiro atoms. The second-order valence-electron chi connectivity index (χ2n) is 2.69. The van der Waals surface area contributed by atoms with Crippen LogP contribution in [0.3, 0.4) is 0 Å². The topological polar surface area (TPSA) is 56.7 Å². The summed E-state index contributed by atoms with van der Waals surface area (Å²) < 4.78 is 1.87. The van der Waals surface area contributed by atoms with Gasteiger partial charge in [0.1, 0.15) is 12.2 Å². The van der Waals surface area contributed by atoms with Crippen LogP contribution in [0, 0.1) is 0 Å². The van der Waals surface area contributed by atoms with Crippen molar-refractivity contribution in [3.63, 3.8) is 0 Å². The molecule has 0 amide bonds. The van der Waals surface area contributed by atoms with Gasteiger partial charge < -0.3 is 10.3 Å². The SMILES string of the molecule is CSCCC(N)c1nncn1C. The molecule has 1 aromatic rings. The Bertz CT molecular complexity index is 235. The van der Waals surface area contributed by atoms with Crippen LogP contribution in [-0.4, -0.2) is 26.8 Å². The summed E-state index contributed by atoms with van der Waals surface area (Å²) in [4.78, 5) is 0. The number of thioether (sulfide) groups is 1. The fraction of sp³-hybridized carbons (Fsp3) is 0.714. The summed E-state index contributed by atoms with van der Waals surface area (Å²) in [5.41, 5.74) is 5.89. The minimum atomic E-state index is 0.0185. The number of hydrogen-bond donors (Lipinski definition) is 1. The van der Waals surface area contributed by atoms with E-state index in [0.29, 0.717) is 0 Å². The second kappa shape index (κ2) is 4.47. The molecule has 1 heterocycles. The molecule has 0 aliphatic heterocycles. The van der Waals surface area contributed by atoms with Gasteiger partial charge in [0, 0.05) is 7.05 Å². The van der Waals surface area contributed by atoms with Crippen molar-refractivity contribution in [1.82, 2.24) is 14.8 Å². The minimum Gasteiger partial charge on any atom is -0.321 e. The Kier molecular flexibility index (Phi) is 3.55. The van der Waals surface area contributed by atoms with Gasteiger partial charge in [-0.3, -0.25) is 0 Å². The van der Waals surface area contributed by atoms with Gasteiger partial charge in [-0.05, 0) is 18.4 Å². The van der Waals surface area contributed by atoms with Gasteiger partial charge in [-0.2, -0.15) is 11.8 Å². The summed E-state index contributed by atoms with van der Waals surface area (Å²) in [6.45, 7) is 0. The highest BCUT2D eigenvalue weighted by Gasteiger charge is 2.10. The van der Waals surface area contributed by atoms with Gasteiger partial charge in [0.15, 0.2) is 0 Å². The Morgan fingerprint density at radius 3 is 3.00 bits per heavy atom. The molecule has 0 saturated carbocycles. The van der Waals surface area contributed by atoms with Crippen LogP contribution in [0.4, 0.5) is 0 Å². The van der Waals surface area contributed by atoms with Gasteiger partial charge in [-0.1, -0.05) is 0 Å². The molecule has 1 aromatic heterocycles. The van der Waals surface area contributed by atoms with E-state index in [-0.39, 0.29) is 6.04 Å². The lowest BCUT2D eigenvalue weighted by Crippen LogP contribution is -2.15. The van der Waals surface area contributed by atoms with Crippen LogP contribution in [0.15, 0.2) is 6.33 Å². The van der Waals surface area contributed by atoms with Crippen molar-refractivity contribution in [2.24, 2.45) is 12.8 Å². The summed E-state index contributed by atoms with van der Waals surface area (Å²) in [6, 6.07) is 0.0185. The molecular formula is C7H14N4S. The number of hydrogen-bond acceptors (Lipinski definition) is 4. The number of nitrogens with two attached hydrogens (primary N) is 1. The standard InChI is InChI=1S/C7H14N4S/c1-11-5-9-10-7(11)6(8)3-4-12-2/h5-6H,3-4,8H2,1-2H3. The first kappa shape index (κ1) is 9.54. The van der Waals surface area contributed by atoms with E-state index in [2.05, 4.69) is 16.5 Å². The smallest absolute Gasteiger partial charge is 0.149 e. The quantitative estimate of drug-likeness (QED) is 0.747. The molecule has 2 N–H and O–H groups in total. The molecule has 68 valence electrons. The third-order valence-electron chi connectivity index (χ3n) is 1.71. The van der Waals surface area contributed by atoms with Crippen molar-refractivity contribution in [1.29, 1.82) is 0 Å². The Morgan fingerprint density at radius 1 is 1.75 bits per heavy atom. The van der Waals surface area contributed by atoms with Gasteiger partial charge in [0.25, 0.3) is 0 Å². The van der Waals surface area contributed by atoms with E-state index < -0.39 is 0 Å². The Morgan fingerprint density at radius 2 is 2.50 bits per heavy atom. The zero-order valence-corrected chi connectivity index (χ0v) is 8.21. The molecule has 4 nitrogen and oxygen atoms in total. The van der Waals surface area contributed by atoms with Crippen molar-refractivity contribution in [3.8, 4) is 0 Å². The van der Waals surface area contributed by atoms with Gasteiger partial charge in [-0.15, -0.1) is 10.2 Å². The zero-order valence-electron chi connectivity index (χ0n) is 7.40. The van der Waals surface area contributed by atoms with Crippen LogP contribution in [0.5, 0.6) is 0 Å². The lowest BCUT2D eigenvalue weighted by molar-refractivity contribution is 0.619. The van der Waals surface area contributed by atoms with E-state index in [1.54, 1.807) is 18.1 Å². The Balaban J connectivity index is 2.52. The molecule has 0 aliphatic carbocycles. The maximum absolute atomic E-state index is 5.89. The highest BCUT2D eigenvalue weighted by Crippen LogP contribution is 2.11. The minimum absolute atomic E-state index is 0.0185. The normalized spacial score (nSPS) is 13.2. The van der Waals surface area contributed by atoms with Gasteiger partial charge >= 0.3 is 0 Å². The van der Waals surface area contributed by atoms with Crippen molar-refractivity contribution >= 4 is 11.8 Å². The highest BCUT2D eigenvalue weighted by atomic mass is 32.2. The average molecular weight is 186 g/mol. The Labute approximate surface area is 76.5 Å². The molecule has 12 heavy (non-hydrogen) atoms. The number of aromatic nitrogens is 3. The predicted molar refractivity (Wildman–Crippen MR) is 50.9 cm³/mol. The molecule has 0 saturated heterocycles. The second-order valence-corrected chi connectivity index (χ2v) is 3.67. The van der Waals surface area contributed by atoms with E-state index in [0.717, 1.165) is 18.0 Å². The largest absolute Gasteiger partial charge is 0.321 e. The van der Waals surface area contributed by atoms with Crippen LogP contribution in [-0.2, 0) is 7.05 Å². The fourth-order valence-corrected chi connectivity index (χ4v) is 1.49. The zero-order chi connectivity index (χ0) is 8.97. The maximum atomic E-state index is 5.89. The van der Waals surface area contributed by atoms with Crippen LogP contribution in [0.1, 0.15) is 18.3 Å². The number of nitrogens with zero attached hydrogens (tertiary/aromatic N) is 3. The summed E-state index contributed by atoms with van der Waals surface area (Å²) in [5, 5.41) is 7.72. The van der Waals surface area contributed by atoms with Crippen LogP contribution in [0.2, 0.25) is 0 Å². The molecule has 1 unspecified atom stereocenters. The maximum Gasteiger partial charge on any atom is 0.149 e. The van der Waals surface area contributed by atoms with E-state index in [1.165, 1.54) is 0 Å². The van der Waals surface area contributed by atoms with E-state index >= 15 is 0 Å². The van der Waals surface area contributed by atoms with Gasteiger partial charge in [0.2, 0.25) is 0 Å². The third kappa shape index (κ3) is 2.22. The van der Waals surface area contributed by atoms with E-state index in [4.69, 9.17) is 5.73 Å². The third-order valence-corrected chi connectivity index (χ3v) is 2.35. The van der Waals surface area contributed by atoms with Crippen LogP contribution in [0.25, 0.3) is 0 Å². The predicted octanol–water partition coefficient (Wildman–Crippen LogP) is 0.568. The number of rotatable bonds is 4. The van der Waals surface area contributed by atoms with Gasteiger partial charge in [0.05, 0.1) is 6.04 Å². The molecular weight excluding hydrogens is 172 g/mol. The summed E-state index contributed by atoms with van der Waals surface area (Å²) >= 11 is 1.80. The monoisotopic (exact) mass is 186 g/mol. The van der Waals surface area contributed by atoms with E-state index in [1.807, 2.05) is 11.6 Å². The molecule has 0 aromatic carbocycles. The van der Waals surface area contributed by atoms with Crippen molar-refractivity contribution in [2.45, 2.75) is 12.5 Å². The molecule has 0 radical (unpaired) electrons.